The van der Waals surface area contributed by atoms with Gasteiger partial charge in [0.25, 0.3) is 0 Å². The van der Waals surface area contributed by atoms with Crippen LogP contribution in [0, 0.1) is 6.92 Å². The Bertz CT molecular complexity index is 1020. The quantitative estimate of drug-likeness (QED) is 0.452. The van der Waals surface area contributed by atoms with Crippen molar-refractivity contribution in [3.63, 3.8) is 0 Å². The van der Waals surface area contributed by atoms with Gasteiger partial charge in [0, 0.05) is 6.20 Å². The van der Waals surface area contributed by atoms with E-state index in [1.54, 1.807) is 12.4 Å². The molecule has 0 amide bonds. The number of nitrogens with zero attached hydrogens (tertiary/aromatic N) is 4. The van der Waals surface area contributed by atoms with E-state index in [1.807, 2.05) is 78.3 Å². The summed E-state index contributed by atoms with van der Waals surface area (Å²) < 4.78 is 1.86. The second kappa shape index (κ2) is 6.57. The first-order valence-electron chi connectivity index (χ1n) is 8.07. The van der Waals surface area contributed by atoms with E-state index < -0.39 is 0 Å². The summed E-state index contributed by atoms with van der Waals surface area (Å²) in [6, 6.07) is 21.9. The van der Waals surface area contributed by atoms with Gasteiger partial charge in [-0.15, -0.1) is 0 Å². The monoisotopic (exact) mass is 327 g/mol. The first-order chi connectivity index (χ1) is 12.3. The average Bonchev–Trinajstić information content (AvgIpc) is 3.01. The number of hydrazone groups is 1. The van der Waals surface area contributed by atoms with Crippen LogP contribution in [0.15, 0.2) is 78.0 Å². The largest absolute Gasteiger partial charge is 0.278 e. The minimum Gasteiger partial charge on any atom is -0.278 e. The third-order valence-electron chi connectivity index (χ3n) is 3.94. The van der Waals surface area contributed by atoms with Gasteiger partial charge in [-0.05, 0) is 30.7 Å². The van der Waals surface area contributed by atoms with Crippen molar-refractivity contribution in [2.24, 2.45) is 5.10 Å². The van der Waals surface area contributed by atoms with Gasteiger partial charge in [-0.2, -0.15) is 10.2 Å². The molecule has 5 nitrogen and oxygen atoms in total. The molecule has 0 atom stereocenters. The molecule has 0 fully saturated rings. The number of aryl methyl sites for hydroxylation is 1. The summed E-state index contributed by atoms with van der Waals surface area (Å²) in [7, 11) is 0. The molecule has 0 aliphatic rings. The molecule has 4 rings (SSSR count). The van der Waals surface area contributed by atoms with Crippen LogP contribution < -0.4 is 5.43 Å². The summed E-state index contributed by atoms with van der Waals surface area (Å²) >= 11 is 0. The van der Waals surface area contributed by atoms with Gasteiger partial charge in [-0.3, -0.25) is 5.43 Å². The molecule has 0 spiro atoms. The molecule has 0 aliphatic heterocycles. The Morgan fingerprint density at radius 1 is 0.960 bits per heavy atom. The summed E-state index contributed by atoms with van der Waals surface area (Å²) in [6.45, 7) is 1.98. The predicted molar refractivity (Wildman–Crippen MR) is 101 cm³/mol. The summed E-state index contributed by atoms with van der Waals surface area (Å²) in [5.74, 6) is 0. The van der Waals surface area contributed by atoms with Crippen LogP contribution in [0.1, 0.15) is 11.3 Å². The van der Waals surface area contributed by atoms with Crippen LogP contribution in [0.4, 0.5) is 5.69 Å². The van der Waals surface area contributed by atoms with E-state index >= 15 is 0 Å². The maximum Gasteiger partial charge on any atom is 0.165 e. The van der Waals surface area contributed by atoms with Crippen molar-refractivity contribution >= 4 is 22.9 Å². The van der Waals surface area contributed by atoms with E-state index in [1.165, 1.54) is 0 Å². The number of benzene rings is 2. The second-order valence-electron chi connectivity index (χ2n) is 5.67. The zero-order valence-electron chi connectivity index (χ0n) is 13.8. The van der Waals surface area contributed by atoms with Crippen LogP contribution in [0.5, 0.6) is 0 Å². The van der Waals surface area contributed by atoms with Gasteiger partial charge >= 0.3 is 0 Å². The average molecular weight is 327 g/mol. The molecule has 0 unspecified atom stereocenters. The number of fused-ring (bicyclic) bond motifs is 1. The van der Waals surface area contributed by atoms with Crippen LogP contribution in [0.25, 0.3) is 16.7 Å². The smallest absolute Gasteiger partial charge is 0.165 e. The molecule has 5 heteroatoms. The zero-order valence-corrected chi connectivity index (χ0v) is 13.8. The maximum atomic E-state index is 4.65. The van der Waals surface area contributed by atoms with Crippen LogP contribution in [-0.4, -0.2) is 21.0 Å². The molecule has 0 saturated heterocycles. The Kier molecular flexibility index (Phi) is 3.96. The Labute approximate surface area is 145 Å². The van der Waals surface area contributed by atoms with Crippen molar-refractivity contribution in [3.05, 3.63) is 84.2 Å². The van der Waals surface area contributed by atoms with Crippen molar-refractivity contribution in [1.29, 1.82) is 0 Å². The molecule has 0 radical (unpaired) electrons. The summed E-state index contributed by atoms with van der Waals surface area (Å²) in [5, 5.41) is 9.96. The SMILES string of the molecule is Cc1nn(-c2ccccc2)c2nccc(N/N=C/c3ccccc3)c12. The normalized spacial score (nSPS) is 11.2. The highest BCUT2D eigenvalue weighted by Gasteiger charge is 2.13. The van der Waals surface area contributed by atoms with E-state index in [0.29, 0.717) is 0 Å². The van der Waals surface area contributed by atoms with Gasteiger partial charge in [0.05, 0.1) is 28.7 Å². The van der Waals surface area contributed by atoms with E-state index in [0.717, 1.165) is 33.7 Å². The second-order valence-corrected chi connectivity index (χ2v) is 5.67. The third kappa shape index (κ3) is 2.99. The molecule has 0 aliphatic carbocycles. The van der Waals surface area contributed by atoms with Gasteiger partial charge in [-0.1, -0.05) is 48.5 Å². The van der Waals surface area contributed by atoms with E-state index in [2.05, 4.69) is 20.6 Å². The number of hydrogen-bond acceptors (Lipinski definition) is 4. The highest BCUT2D eigenvalue weighted by molar-refractivity contribution is 5.92. The van der Waals surface area contributed by atoms with Crippen molar-refractivity contribution in [2.45, 2.75) is 6.92 Å². The highest BCUT2D eigenvalue weighted by atomic mass is 15.3. The lowest BCUT2D eigenvalue weighted by molar-refractivity contribution is 0.878. The molecule has 2 aromatic heterocycles. The third-order valence-corrected chi connectivity index (χ3v) is 3.94. The standard InChI is InChI=1S/C20H17N5/c1-15-19-18(23-22-14-16-8-4-2-5-9-16)12-13-21-20(19)25(24-15)17-10-6-3-7-11-17/h2-14H,1H3,(H,21,23)/b22-14+. The number of pyridine rings is 1. The molecule has 122 valence electrons. The van der Waals surface area contributed by atoms with Gasteiger partial charge in [0.2, 0.25) is 0 Å². The number of nitrogens with one attached hydrogen (secondary N) is 1. The molecule has 2 heterocycles. The summed E-state index contributed by atoms with van der Waals surface area (Å²) in [5.41, 5.74) is 7.74. The van der Waals surface area contributed by atoms with Gasteiger partial charge in [0.1, 0.15) is 0 Å². The lowest BCUT2D eigenvalue weighted by atomic mass is 10.2. The first kappa shape index (κ1) is 15.1. The van der Waals surface area contributed by atoms with E-state index in [9.17, 15) is 0 Å². The minimum atomic E-state index is 0.809. The number of hydrogen-bond donors (Lipinski definition) is 1. The fourth-order valence-electron chi connectivity index (χ4n) is 2.77. The first-order valence-corrected chi connectivity index (χ1v) is 8.07. The molecule has 2 aromatic carbocycles. The van der Waals surface area contributed by atoms with Crippen LogP contribution >= 0.6 is 0 Å². The highest BCUT2D eigenvalue weighted by Crippen LogP contribution is 2.26. The Morgan fingerprint density at radius 3 is 2.44 bits per heavy atom. The van der Waals surface area contributed by atoms with E-state index in [4.69, 9.17) is 0 Å². The van der Waals surface area contributed by atoms with Crippen molar-refractivity contribution in [2.75, 3.05) is 5.43 Å². The lowest BCUT2D eigenvalue weighted by Crippen LogP contribution is -1.97. The molecule has 25 heavy (non-hydrogen) atoms. The number of anilines is 1. The van der Waals surface area contributed by atoms with Gasteiger partial charge in [0.15, 0.2) is 5.65 Å². The fraction of sp³-hybridized carbons (Fsp3) is 0.0500. The van der Waals surface area contributed by atoms with Gasteiger partial charge in [-0.25, -0.2) is 9.67 Å². The number of para-hydroxylation sites is 1. The Morgan fingerprint density at radius 2 is 1.68 bits per heavy atom. The van der Waals surface area contributed by atoms with Crippen molar-refractivity contribution in [3.8, 4) is 5.69 Å². The van der Waals surface area contributed by atoms with Crippen LogP contribution in [0.2, 0.25) is 0 Å². The van der Waals surface area contributed by atoms with Crippen molar-refractivity contribution in [1.82, 2.24) is 14.8 Å². The number of rotatable bonds is 4. The maximum absolute atomic E-state index is 4.65. The number of aromatic nitrogens is 3. The zero-order chi connectivity index (χ0) is 17.1. The molecule has 0 bridgehead atoms. The Hall–Kier alpha value is -3.47. The van der Waals surface area contributed by atoms with Crippen molar-refractivity contribution < 1.29 is 0 Å². The lowest BCUT2D eigenvalue weighted by Gasteiger charge is -2.04. The minimum absolute atomic E-state index is 0.809. The molecular weight excluding hydrogens is 310 g/mol. The van der Waals surface area contributed by atoms with Crippen LogP contribution in [0.3, 0.4) is 0 Å². The molecule has 1 N–H and O–H groups in total. The predicted octanol–water partition coefficient (Wildman–Crippen LogP) is 4.17. The molecule has 0 saturated carbocycles. The molecular formula is C20H17N5. The summed E-state index contributed by atoms with van der Waals surface area (Å²) in [6.07, 6.45) is 3.56. The molecule has 4 aromatic rings. The Balaban J connectivity index is 1.71. The van der Waals surface area contributed by atoms with E-state index in [-0.39, 0.29) is 0 Å². The fourth-order valence-corrected chi connectivity index (χ4v) is 2.77. The van der Waals surface area contributed by atoms with Gasteiger partial charge < -0.3 is 0 Å². The topological polar surface area (TPSA) is 55.1 Å². The summed E-state index contributed by atoms with van der Waals surface area (Å²) in [4.78, 5) is 4.51. The van der Waals surface area contributed by atoms with Crippen LogP contribution in [-0.2, 0) is 0 Å².